The van der Waals surface area contributed by atoms with Crippen molar-refractivity contribution in [1.82, 2.24) is 15.6 Å². The minimum Gasteiger partial charge on any atom is -0.486 e. The summed E-state index contributed by atoms with van der Waals surface area (Å²) in [5, 5.41) is 8.83. The number of nitrogens with zero attached hydrogens (tertiary/aromatic N) is 1. The average molecular weight is 548 g/mol. The first-order valence-electron chi connectivity index (χ1n) is 14.3. The van der Waals surface area contributed by atoms with Crippen LogP contribution in [-0.4, -0.2) is 28.9 Å². The first-order chi connectivity index (χ1) is 18.9. The second-order valence-electron chi connectivity index (χ2n) is 10.7. The highest BCUT2D eigenvalue weighted by molar-refractivity contribution is 7.09. The van der Waals surface area contributed by atoms with E-state index in [4.69, 9.17) is 4.74 Å². The van der Waals surface area contributed by atoms with Crippen LogP contribution in [0.3, 0.4) is 0 Å². The molecule has 1 aliphatic rings. The maximum atomic E-state index is 13.0. The van der Waals surface area contributed by atoms with Gasteiger partial charge in [0.05, 0.1) is 0 Å². The number of hydrogen-bond acceptors (Lipinski definition) is 5. The number of hydrogen-bond donors (Lipinski definition) is 2. The van der Waals surface area contributed by atoms with Gasteiger partial charge in [0.15, 0.2) is 0 Å². The van der Waals surface area contributed by atoms with E-state index in [1.807, 2.05) is 24.3 Å². The van der Waals surface area contributed by atoms with E-state index < -0.39 is 0 Å². The predicted octanol–water partition coefficient (Wildman–Crippen LogP) is 7.05. The molecule has 2 atom stereocenters. The van der Waals surface area contributed by atoms with Crippen molar-refractivity contribution in [2.45, 2.75) is 96.7 Å². The molecule has 0 radical (unpaired) electrons. The number of thiazole rings is 1. The molecule has 0 bridgehead atoms. The zero-order chi connectivity index (χ0) is 27.6. The van der Waals surface area contributed by atoms with Gasteiger partial charge in [-0.05, 0) is 67.0 Å². The van der Waals surface area contributed by atoms with Crippen molar-refractivity contribution in [1.29, 1.82) is 0 Å². The number of amides is 2. The predicted molar refractivity (Wildman–Crippen MR) is 158 cm³/mol. The Balaban J connectivity index is 1.29. The van der Waals surface area contributed by atoms with Crippen LogP contribution >= 0.6 is 11.3 Å². The summed E-state index contributed by atoms with van der Waals surface area (Å²) in [4.78, 5) is 30.5. The van der Waals surface area contributed by atoms with Gasteiger partial charge in [-0.3, -0.25) is 9.59 Å². The Morgan fingerprint density at radius 3 is 2.26 bits per heavy atom. The summed E-state index contributed by atoms with van der Waals surface area (Å²) >= 11 is 1.42. The van der Waals surface area contributed by atoms with E-state index in [-0.39, 0.29) is 23.9 Å². The zero-order valence-corrected chi connectivity index (χ0v) is 24.2. The fraction of sp³-hybridized carbons (Fsp3) is 0.469. The van der Waals surface area contributed by atoms with Gasteiger partial charge < -0.3 is 15.4 Å². The molecule has 1 aliphatic carbocycles. The van der Waals surface area contributed by atoms with E-state index in [0.29, 0.717) is 23.8 Å². The van der Waals surface area contributed by atoms with E-state index in [0.717, 1.165) is 42.9 Å². The Hall–Kier alpha value is -3.19. The average Bonchev–Trinajstić information content (AvgIpc) is 3.43. The lowest BCUT2D eigenvalue weighted by molar-refractivity contribution is 0.0860. The van der Waals surface area contributed by atoms with Crippen molar-refractivity contribution in [3.63, 3.8) is 0 Å². The van der Waals surface area contributed by atoms with Gasteiger partial charge in [-0.25, -0.2) is 4.98 Å². The molecule has 1 saturated carbocycles. The number of aryl methyl sites for hydroxylation is 1. The molecule has 208 valence electrons. The smallest absolute Gasteiger partial charge is 0.271 e. The van der Waals surface area contributed by atoms with Crippen LogP contribution in [0.4, 0.5) is 0 Å². The van der Waals surface area contributed by atoms with Gasteiger partial charge in [0.1, 0.15) is 23.1 Å². The van der Waals surface area contributed by atoms with E-state index in [9.17, 15) is 9.59 Å². The van der Waals surface area contributed by atoms with E-state index in [2.05, 4.69) is 60.7 Å². The number of unbranched alkanes of at least 4 members (excludes halogenated alkanes) is 2. The van der Waals surface area contributed by atoms with Crippen LogP contribution in [0.2, 0.25) is 0 Å². The lowest BCUT2D eigenvalue weighted by Crippen LogP contribution is -2.53. The van der Waals surface area contributed by atoms with Crippen LogP contribution in [-0.2, 0) is 13.0 Å². The number of aromatic nitrogens is 1. The van der Waals surface area contributed by atoms with E-state index in [1.54, 1.807) is 5.38 Å². The number of benzene rings is 2. The fourth-order valence-corrected chi connectivity index (χ4v) is 5.63. The SMILES string of the molecule is CCCCCc1ccc(C(=O)N[C@@H]2CCCC[C@@H]2NC(=O)c2csc(COc3ccc(C(C)C)cc3)n2)cc1. The Kier molecular flexibility index (Phi) is 10.5. The van der Waals surface area contributed by atoms with Gasteiger partial charge in [-0.15, -0.1) is 11.3 Å². The molecule has 39 heavy (non-hydrogen) atoms. The summed E-state index contributed by atoms with van der Waals surface area (Å²) in [6.45, 7) is 6.84. The molecule has 1 fully saturated rings. The molecular weight excluding hydrogens is 506 g/mol. The first-order valence-corrected chi connectivity index (χ1v) is 15.2. The molecule has 6 nitrogen and oxygen atoms in total. The maximum Gasteiger partial charge on any atom is 0.271 e. The lowest BCUT2D eigenvalue weighted by Gasteiger charge is -2.32. The Bertz CT molecular complexity index is 1200. The second-order valence-corrected chi connectivity index (χ2v) is 11.7. The van der Waals surface area contributed by atoms with E-state index in [1.165, 1.54) is 41.7 Å². The number of carbonyl (C=O) groups is 2. The molecule has 2 N–H and O–H groups in total. The zero-order valence-electron chi connectivity index (χ0n) is 23.4. The van der Waals surface area contributed by atoms with Crippen molar-refractivity contribution in [3.8, 4) is 5.75 Å². The highest BCUT2D eigenvalue weighted by Gasteiger charge is 2.29. The first kappa shape index (κ1) is 28.8. The van der Waals surface area contributed by atoms with Crippen LogP contribution in [0.1, 0.15) is 109 Å². The highest BCUT2D eigenvalue weighted by Crippen LogP contribution is 2.22. The Morgan fingerprint density at radius 2 is 1.62 bits per heavy atom. The van der Waals surface area contributed by atoms with Gasteiger partial charge in [0.2, 0.25) is 0 Å². The van der Waals surface area contributed by atoms with Gasteiger partial charge in [0.25, 0.3) is 11.8 Å². The molecule has 1 aromatic heterocycles. The van der Waals surface area contributed by atoms with Crippen molar-refractivity contribution in [2.24, 2.45) is 0 Å². The monoisotopic (exact) mass is 547 g/mol. The van der Waals surface area contributed by atoms with Crippen molar-refractivity contribution >= 4 is 23.2 Å². The molecule has 0 unspecified atom stereocenters. The molecule has 7 heteroatoms. The van der Waals surface area contributed by atoms with E-state index >= 15 is 0 Å². The summed E-state index contributed by atoms with van der Waals surface area (Å²) in [6, 6.07) is 15.8. The molecule has 3 aromatic rings. The second kappa shape index (κ2) is 14.3. The molecule has 1 heterocycles. The minimum absolute atomic E-state index is 0.0872. The maximum absolute atomic E-state index is 13.0. The topological polar surface area (TPSA) is 80.3 Å². The van der Waals surface area contributed by atoms with Gasteiger partial charge in [-0.2, -0.15) is 0 Å². The number of rotatable bonds is 12. The van der Waals surface area contributed by atoms with Gasteiger partial charge in [0, 0.05) is 23.0 Å². The third kappa shape index (κ3) is 8.40. The van der Waals surface area contributed by atoms with Crippen molar-refractivity contribution < 1.29 is 14.3 Å². The normalized spacial score (nSPS) is 17.1. The Morgan fingerprint density at radius 1 is 0.949 bits per heavy atom. The molecule has 0 spiro atoms. The minimum atomic E-state index is -0.207. The van der Waals surface area contributed by atoms with Crippen LogP contribution in [0.25, 0.3) is 0 Å². The quantitative estimate of drug-likeness (QED) is 0.238. The lowest BCUT2D eigenvalue weighted by atomic mass is 9.90. The molecular formula is C32H41N3O3S. The van der Waals surface area contributed by atoms with Crippen LogP contribution in [0, 0.1) is 0 Å². The molecule has 0 aliphatic heterocycles. The summed E-state index contributed by atoms with van der Waals surface area (Å²) in [5.41, 5.74) is 3.58. The molecule has 2 aromatic carbocycles. The highest BCUT2D eigenvalue weighted by atomic mass is 32.1. The number of nitrogens with one attached hydrogen (secondary N) is 2. The third-order valence-electron chi connectivity index (χ3n) is 7.38. The van der Waals surface area contributed by atoms with Crippen molar-refractivity contribution in [3.05, 3.63) is 81.3 Å². The van der Waals surface area contributed by atoms with Gasteiger partial charge in [-0.1, -0.05) is 70.7 Å². The fourth-order valence-electron chi connectivity index (χ4n) is 4.95. The van der Waals surface area contributed by atoms with Crippen LogP contribution in [0.15, 0.2) is 53.9 Å². The summed E-state index contributed by atoms with van der Waals surface area (Å²) in [6.07, 6.45) is 8.37. The van der Waals surface area contributed by atoms with Crippen LogP contribution in [0.5, 0.6) is 5.75 Å². The molecule has 0 saturated heterocycles. The molecule has 2 amide bonds. The Labute approximate surface area is 236 Å². The summed E-state index contributed by atoms with van der Waals surface area (Å²) in [5.74, 6) is 0.965. The van der Waals surface area contributed by atoms with Crippen molar-refractivity contribution in [2.75, 3.05) is 0 Å². The largest absolute Gasteiger partial charge is 0.486 e. The van der Waals surface area contributed by atoms with Gasteiger partial charge >= 0.3 is 0 Å². The summed E-state index contributed by atoms with van der Waals surface area (Å²) in [7, 11) is 0. The number of carbonyl (C=O) groups excluding carboxylic acids is 2. The number of ether oxygens (including phenoxy) is 1. The third-order valence-corrected chi connectivity index (χ3v) is 8.20. The van der Waals surface area contributed by atoms with Crippen LogP contribution < -0.4 is 15.4 Å². The summed E-state index contributed by atoms with van der Waals surface area (Å²) < 4.78 is 5.87. The standard InChI is InChI=1S/C32H41N3O3S/c1-4-5-6-9-23-12-14-25(15-13-23)31(36)34-27-10-7-8-11-28(27)35-32(37)29-21-39-30(33-29)20-38-26-18-16-24(17-19-26)22(2)3/h12-19,21-22,27-28H,4-11,20H2,1-3H3,(H,34,36)(H,35,37)/t27-,28+/m1/s1. The molecule has 4 rings (SSSR count).